The lowest BCUT2D eigenvalue weighted by Gasteiger charge is -2.15. The van der Waals surface area contributed by atoms with Crippen molar-refractivity contribution in [2.45, 2.75) is 31.2 Å². The lowest BCUT2D eigenvalue weighted by molar-refractivity contribution is -0.116. The number of carbonyl (C=O) groups excluding carboxylic acids is 1. The van der Waals surface area contributed by atoms with Crippen molar-refractivity contribution in [2.75, 3.05) is 19.4 Å². The van der Waals surface area contributed by atoms with Crippen molar-refractivity contribution in [3.63, 3.8) is 0 Å². The molecule has 1 aromatic carbocycles. The number of amides is 1. The van der Waals surface area contributed by atoms with Crippen molar-refractivity contribution in [1.29, 1.82) is 0 Å². The van der Waals surface area contributed by atoms with Gasteiger partial charge in [0.2, 0.25) is 15.9 Å². The Bertz CT molecular complexity index is 580. The van der Waals surface area contributed by atoms with Gasteiger partial charge < -0.3 is 11.1 Å². The van der Waals surface area contributed by atoms with Gasteiger partial charge in [0.25, 0.3) is 0 Å². The van der Waals surface area contributed by atoms with Gasteiger partial charge in [-0.3, -0.25) is 4.79 Å². The number of benzene rings is 1. The summed E-state index contributed by atoms with van der Waals surface area (Å²) in [7, 11) is -0.511. The molecule has 1 atom stereocenters. The second-order valence-corrected chi connectivity index (χ2v) is 7.62. The van der Waals surface area contributed by atoms with Crippen molar-refractivity contribution in [3.05, 3.63) is 24.3 Å². The van der Waals surface area contributed by atoms with E-state index < -0.39 is 10.0 Å². The molecule has 6 nitrogen and oxygen atoms in total. The molecule has 1 unspecified atom stereocenters. The normalized spacial score (nSPS) is 13.5. The summed E-state index contributed by atoms with van der Waals surface area (Å²) < 4.78 is 25.0. The Hall–Kier alpha value is -1.44. The third-order valence-corrected chi connectivity index (χ3v) is 5.02. The number of nitrogens with two attached hydrogens (primary N) is 1. The number of carbonyl (C=O) groups is 1. The van der Waals surface area contributed by atoms with E-state index in [0.29, 0.717) is 5.69 Å². The molecule has 0 aliphatic carbocycles. The van der Waals surface area contributed by atoms with Crippen LogP contribution >= 0.6 is 0 Å². The van der Waals surface area contributed by atoms with E-state index in [-0.39, 0.29) is 29.2 Å². The minimum atomic E-state index is -3.45. The quantitative estimate of drug-likeness (QED) is 0.826. The van der Waals surface area contributed by atoms with Crippen molar-refractivity contribution in [2.24, 2.45) is 11.7 Å². The van der Waals surface area contributed by atoms with Gasteiger partial charge in [0, 0.05) is 32.2 Å². The zero-order chi connectivity index (χ0) is 16.2. The molecule has 0 aliphatic heterocycles. The van der Waals surface area contributed by atoms with Crippen LogP contribution in [-0.4, -0.2) is 38.8 Å². The van der Waals surface area contributed by atoms with Crippen molar-refractivity contribution >= 4 is 21.6 Å². The molecule has 3 N–H and O–H groups in total. The van der Waals surface area contributed by atoms with Crippen LogP contribution in [0, 0.1) is 5.92 Å². The Morgan fingerprint density at radius 1 is 1.24 bits per heavy atom. The average Bonchev–Trinajstić information content (AvgIpc) is 2.38. The maximum atomic E-state index is 11.9. The van der Waals surface area contributed by atoms with E-state index in [1.165, 1.54) is 26.2 Å². The summed E-state index contributed by atoms with van der Waals surface area (Å²) in [4.78, 5) is 12.0. The first-order valence-electron chi connectivity index (χ1n) is 6.72. The highest BCUT2D eigenvalue weighted by Crippen LogP contribution is 2.17. The molecule has 0 saturated heterocycles. The number of rotatable bonds is 6. The second-order valence-electron chi connectivity index (χ2n) is 5.47. The highest BCUT2D eigenvalue weighted by atomic mass is 32.2. The van der Waals surface area contributed by atoms with Crippen LogP contribution in [0.15, 0.2) is 29.2 Å². The Kier molecular flexibility index (Phi) is 5.88. The van der Waals surface area contributed by atoms with E-state index in [4.69, 9.17) is 5.73 Å². The van der Waals surface area contributed by atoms with Gasteiger partial charge in [0.1, 0.15) is 0 Å². The smallest absolute Gasteiger partial charge is 0.242 e. The molecule has 0 aliphatic rings. The molecule has 0 spiro atoms. The largest absolute Gasteiger partial charge is 0.327 e. The number of hydrogen-bond donors (Lipinski definition) is 2. The van der Waals surface area contributed by atoms with Crippen LogP contribution in [0.1, 0.15) is 20.3 Å². The van der Waals surface area contributed by atoms with Crippen LogP contribution < -0.4 is 11.1 Å². The lowest BCUT2D eigenvalue weighted by Crippen LogP contribution is -2.31. The molecule has 1 amide bonds. The predicted molar refractivity (Wildman–Crippen MR) is 83.4 cm³/mol. The Morgan fingerprint density at radius 2 is 1.76 bits per heavy atom. The topological polar surface area (TPSA) is 92.5 Å². The highest BCUT2D eigenvalue weighted by Gasteiger charge is 2.17. The molecule has 0 saturated carbocycles. The van der Waals surface area contributed by atoms with E-state index in [0.717, 1.165) is 4.31 Å². The van der Waals surface area contributed by atoms with Gasteiger partial charge >= 0.3 is 0 Å². The fourth-order valence-corrected chi connectivity index (χ4v) is 2.48. The summed E-state index contributed by atoms with van der Waals surface area (Å²) in [6, 6.07) is 5.86. The zero-order valence-corrected chi connectivity index (χ0v) is 13.6. The minimum Gasteiger partial charge on any atom is -0.327 e. The first-order valence-corrected chi connectivity index (χ1v) is 8.16. The zero-order valence-electron chi connectivity index (χ0n) is 12.8. The second kappa shape index (κ2) is 7.02. The van der Waals surface area contributed by atoms with Gasteiger partial charge in [0.15, 0.2) is 0 Å². The molecular weight excluding hydrogens is 290 g/mol. The maximum absolute atomic E-state index is 11.9. The Morgan fingerprint density at radius 3 is 2.19 bits per heavy atom. The average molecular weight is 313 g/mol. The number of anilines is 1. The van der Waals surface area contributed by atoms with Crippen LogP contribution in [0.5, 0.6) is 0 Å². The Labute approximate surface area is 126 Å². The molecule has 7 heteroatoms. The van der Waals surface area contributed by atoms with E-state index >= 15 is 0 Å². The standard InChI is InChI=1S/C14H23N3O3S/c1-10(2)13(15)9-14(18)16-11-5-7-12(8-6-11)21(19,20)17(3)4/h5-8,10,13H,9,15H2,1-4H3,(H,16,18). The van der Waals surface area contributed by atoms with Crippen molar-refractivity contribution < 1.29 is 13.2 Å². The van der Waals surface area contributed by atoms with Crippen LogP contribution in [-0.2, 0) is 14.8 Å². The lowest BCUT2D eigenvalue weighted by atomic mass is 10.0. The van der Waals surface area contributed by atoms with Crippen LogP contribution in [0.4, 0.5) is 5.69 Å². The first kappa shape index (κ1) is 17.6. The molecular formula is C14H23N3O3S. The van der Waals surface area contributed by atoms with Crippen molar-refractivity contribution in [1.82, 2.24) is 4.31 Å². The minimum absolute atomic E-state index is 0.181. The highest BCUT2D eigenvalue weighted by molar-refractivity contribution is 7.89. The number of hydrogen-bond acceptors (Lipinski definition) is 4. The van der Waals surface area contributed by atoms with Gasteiger partial charge in [-0.1, -0.05) is 13.8 Å². The monoisotopic (exact) mass is 313 g/mol. The van der Waals surface area contributed by atoms with E-state index in [9.17, 15) is 13.2 Å². The van der Waals surface area contributed by atoms with Crippen molar-refractivity contribution in [3.8, 4) is 0 Å². The number of sulfonamides is 1. The summed E-state index contributed by atoms with van der Waals surface area (Å²) in [5, 5.41) is 2.71. The summed E-state index contributed by atoms with van der Waals surface area (Å²) >= 11 is 0. The van der Waals surface area contributed by atoms with Gasteiger partial charge in [-0.2, -0.15) is 0 Å². The van der Waals surface area contributed by atoms with Crippen LogP contribution in [0.3, 0.4) is 0 Å². The number of nitrogens with one attached hydrogen (secondary N) is 1. The SMILES string of the molecule is CC(C)C(N)CC(=O)Nc1ccc(S(=O)(=O)N(C)C)cc1. The van der Waals surface area contributed by atoms with E-state index in [1.54, 1.807) is 12.1 Å². The van der Waals surface area contributed by atoms with E-state index in [1.807, 2.05) is 13.8 Å². The molecule has 118 valence electrons. The molecule has 0 fully saturated rings. The fraction of sp³-hybridized carbons (Fsp3) is 0.500. The molecule has 21 heavy (non-hydrogen) atoms. The maximum Gasteiger partial charge on any atom is 0.242 e. The molecule has 0 radical (unpaired) electrons. The summed E-state index contributed by atoms with van der Waals surface area (Å²) in [5.41, 5.74) is 6.39. The molecule has 0 bridgehead atoms. The molecule has 1 aromatic rings. The first-order chi connectivity index (χ1) is 9.64. The molecule has 0 aromatic heterocycles. The van der Waals surface area contributed by atoms with Crippen LogP contribution in [0.2, 0.25) is 0 Å². The summed E-state index contributed by atoms with van der Waals surface area (Å²) in [5.74, 6) is 0.0442. The van der Waals surface area contributed by atoms with Gasteiger partial charge in [-0.15, -0.1) is 0 Å². The third-order valence-electron chi connectivity index (χ3n) is 3.19. The molecule has 0 heterocycles. The summed E-state index contributed by atoms with van der Waals surface area (Å²) in [6.45, 7) is 3.91. The van der Waals surface area contributed by atoms with Gasteiger partial charge in [-0.25, -0.2) is 12.7 Å². The molecule has 1 rings (SSSR count). The van der Waals surface area contributed by atoms with Gasteiger partial charge in [0.05, 0.1) is 4.90 Å². The predicted octanol–water partition coefficient (Wildman–Crippen LogP) is 1.25. The van der Waals surface area contributed by atoms with Crippen LogP contribution in [0.25, 0.3) is 0 Å². The summed E-state index contributed by atoms with van der Waals surface area (Å²) in [6.07, 6.45) is 0.232. The number of nitrogens with zero attached hydrogens (tertiary/aromatic N) is 1. The Balaban J connectivity index is 2.74. The van der Waals surface area contributed by atoms with E-state index in [2.05, 4.69) is 5.32 Å². The van der Waals surface area contributed by atoms with Gasteiger partial charge in [-0.05, 0) is 30.2 Å². The third kappa shape index (κ3) is 4.80. The fourth-order valence-electron chi connectivity index (χ4n) is 1.58.